The fourth-order valence-electron chi connectivity index (χ4n) is 4.48. The monoisotopic (exact) mass is 358 g/mol. The van der Waals surface area contributed by atoms with Crippen LogP contribution in [0.4, 0.5) is 5.69 Å². The molecule has 0 unspecified atom stereocenters. The van der Waals surface area contributed by atoms with Crippen molar-refractivity contribution in [1.29, 1.82) is 0 Å². The lowest BCUT2D eigenvalue weighted by Crippen LogP contribution is -2.40. The first-order valence-corrected chi connectivity index (χ1v) is 9.87. The topological polar surface area (TPSA) is 67.4 Å². The molecule has 2 aliphatic rings. The molecule has 1 aromatic rings. The number of anilines is 1. The van der Waals surface area contributed by atoms with E-state index in [1.54, 1.807) is 24.3 Å². The molecule has 26 heavy (non-hydrogen) atoms. The molecule has 5 heteroatoms. The highest BCUT2D eigenvalue weighted by Crippen LogP contribution is 2.49. The molecule has 5 nitrogen and oxygen atoms in total. The summed E-state index contributed by atoms with van der Waals surface area (Å²) in [4.78, 5) is 24.0. The first-order chi connectivity index (χ1) is 12.6. The number of carbonyl (C=O) groups excluding carboxylic acids is 2. The standard InChI is InChI=1S/C21H30N2O3/c1-3-10-26-21(25)16-6-8-18(9-7-16)23-20(24)13-22-14(2)19-12-15-4-5-17(19)11-15/h6-9,14-15,17,19,22H,3-5,10-13H2,1-2H3,(H,23,24)/t14-,15-,17+,19+/m1/s1. The number of nitrogens with one attached hydrogen (secondary N) is 2. The number of fused-ring (bicyclic) bond motifs is 2. The second-order valence-corrected chi connectivity index (χ2v) is 7.77. The van der Waals surface area contributed by atoms with E-state index in [0.717, 1.165) is 24.2 Å². The fourth-order valence-corrected chi connectivity index (χ4v) is 4.48. The third-order valence-electron chi connectivity index (χ3n) is 5.86. The molecule has 2 saturated carbocycles. The molecule has 142 valence electrons. The van der Waals surface area contributed by atoms with Gasteiger partial charge < -0.3 is 15.4 Å². The maximum Gasteiger partial charge on any atom is 0.338 e. The minimum absolute atomic E-state index is 0.0543. The van der Waals surface area contributed by atoms with Crippen LogP contribution in [0.2, 0.25) is 0 Å². The molecule has 2 bridgehead atoms. The number of esters is 1. The van der Waals surface area contributed by atoms with Crippen molar-refractivity contribution in [3.8, 4) is 0 Å². The van der Waals surface area contributed by atoms with Gasteiger partial charge in [0.15, 0.2) is 0 Å². The molecule has 2 aliphatic carbocycles. The quantitative estimate of drug-likeness (QED) is 0.697. The molecule has 2 N–H and O–H groups in total. The van der Waals surface area contributed by atoms with Crippen LogP contribution in [0, 0.1) is 17.8 Å². The first-order valence-electron chi connectivity index (χ1n) is 9.87. The molecule has 0 radical (unpaired) electrons. The highest BCUT2D eigenvalue weighted by atomic mass is 16.5. The zero-order chi connectivity index (χ0) is 18.5. The summed E-state index contributed by atoms with van der Waals surface area (Å²) in [6, 6.07) is 7.21. The van der Waals surface area contributed by atoms with E-state index in [1.165, 1.54) is 25.7 Å². The summed E-state index contributed by atoms with van der Waals surface area (Å²) < 4.78 is 5.10. The number of rotatable bonds is 8. The van der Waals surface area contributed by atoms with E-state index in [0.29, 0.717) is 30.4 Å². The average Bonchev–Trinajstić information content (AvgIpc) is 3.28. The van der Waals surface area contributed by atoms with Crippen molar-refractivity contribution in [1.82, 2.24) is 5.32 Å². The fraction of sp³-hybridized carbons (Fsp3) is 0.619. The van der Waals surface area contributed by atoms with Crippen molar-refractivity contribution < 1.29 is 14.3 Å². The number of carbonyl (C=O) groups is 2. The summed E-state index contributed by atoms with van der Waals surface area (Å²) in [7, 11) is 0. The lowest BCUT2D eigenvalue weighted by Gasteiger charge is -2.28. The van der Waals surface area contributed by atoms with Gasteiger partial charge in [-0.1, -0.05) is 13.3 Å². The van der Waals surface area contributed by atoms with Gasteiger partial charge in [-0.05, 0) is 74.6 Å². The van der Waals surface area contributed by atoms with Crippen molar-refractivity contribution in [3.63, 3.8) is 0 Å². The van der Waals surface area contributed by atoms with Crippen molar-refractivity contribution in [2.75, 3.05) is 18.5 Å². The Kier molecular flexibility index (Phi) is 6.30. The van der Waals surface area contributed by atoms with Crippen LogP contribution in [0.15, 0.2) is 24.3 Å². The summed E-state index contributed by atoms with van der Waals surface area (Å²) in [5, 5.41) is 6.27. The zero-order valence-electron chi connectivity index (χ0n) is 15.8. The lowest BCUT2D eigenvalue weighted by molar-refractivity contribution is -0.115. The highest BCUT2D eigenvalue weighted by molar-refractivity contribution is 5.94. The molecule has 0 heterocycles. The first kappa shape index (κ1) is 18.9. The van der Waals surface area contributed by atoms with Crippen LogP contribution in [0.1, 0.15) is 56.3 Å². The third kappa shape index (κ3) is 4.64. The van der Waals surface area contributed by atoms with E-state index in [2.05, 4.69) is 17.6 Å². The second-order valence-electron chi connectivity index (χ2n) is 7.77. The van der Waals surface area contributed by atoms with Crippen molar-refractivity contribution in [3.05, 3.63) is 29.8 Å². The van der Waals surface area contributed by atoms with Gasteiger partial charge in [-0.25, -0.2) is 4.79 Å². The number of ether oxygens (including phenoxy) is 1. The minimum atomic E-state index is -0.328. The van der Waals surface area contributed by atoms with Crippen LogP contribution in [0.25, 0.3) is 0 Å². The van der Waals surface area contributed by atoms with E-state index >= 15 is 0 Å². The third-order valence-corrected chi connectivity index (χ3v) is 5.86. The van der Waals surface area contributed by atoms with Crippen LogP contribution in [-0.4, -0.2) is 31.1 Å². The molecule has 0 spiro atoms. The summed E-state index contributed by atoms with van der Waals surface area (Å²) in [6.07, 6.45) is 6.26. The molecule has 0 saturated heterocycles. The van der Waals surface area contributed by atoms with Crippen LogP contribution in [0.3, 0.4) is 0 Å². The Labute approximate surface area is 155 Å². The number of benzene rings is 1. The molecule has 0 aliphatic heterocycles. The Morgan fingerprint density at radius 2 is 1.96 bits per heavy atom. The molecule has 2 fully saturated rings. The summed E-state index contributed by atoms with van der Waals surface area (Å²) in [6.45, 7) is 4.90. The van der Waals surface area contributed by atoms with E-state index < -0.39 is 0 Å². The van der Waals surface area contributed by atoms with Gasteiger partial charge in [0.1, 0.15) is 0 Å². The lowest BCUT2D eigenvalue weighted by atomic mass is 9.84. The summed E-state index contributed by atoms with van der Waals surface area (Å²) in [5.74, 6) is 2.11. The van der Waals surface area contributed by atoms with Crippen LogP contribution in [-0.2, 0) is 9.53 Å². The molecular formula is C21H30N2O3. The van der Waals surface area contributed by atoms with Gasteiger partial charge in [-0.3, -0.25) is 4.79 Å². The number of amides is 1. The largest absolute Gasteiger partial charge is 0.462 e. The summed E-state index contributed by atoms with van der Waals surface area (Å²) in [5.41, 5.74) is 1.19. The van der Waals surface area contributed by atoms with Gasteiger partial charge in [-0.15, -0.1) is 0 Å². The SMILES string of the molecule is CCCOC(=O)c1ccc(NC(=O)CN[C@H](C)[C@@H]2C[C@@H]3CC[C@H]2C3)cc1. The van der Waals surface area contributed by atoms with Crippen molar-refractivity contribution in [2.24, 2.45) is 17.8 Å². The maximum atomic E-state index is 12.2. The van der Waals surface area contributed by atoms with Crippen molar-refractivity contribution in [2.45, 2.75) is 52.0 Å². The van der Waals surface area contributed by atoms with E-state index in [-0.39, 0.29) is 11.9 Å². The zero-order valence-corrected chi connectivity index (χ0v) is 15.8. The van der Waals surface area contributed by atoms with Gasteiger partial charge in [0.2, 0.25) is 5.91 Å². The van der Waals surface area contributed by atoms with Crippen molar-refractivity contribution >= 4 is 17.6 Å². The van der Waals surface area contributed by atoms with E-state index in [1.807, 2.05) is 6.92 Å². The Hall–Kier alpha value is -1.88. The molecule has 1 amide bonds. The van der Waals surface area contributed by atoms with E-state index in [4.69, 9.17) is 4.74 Å². The Balaban J connectivity index is 1.42. The van der Waals surface area contributed by atoms with Crippen LogP contribution < -0.4 is 10.6 Å². The smallest absolute Gasteiger partial charge is 0.338 e. The maximum absolute atomic E-state index is 12.2. The Bertz CT molecular complexity index is 629. The van der Waals surface area contributed by atoms with E-state index in [9.17, 15) is 9.59 Å². The Morgan fingerprint density at radius 1 is 1.19 bits per heavy atom. The minimum Gasteiger partial charge on any atom is -0.462 e. The summed E-state index contributed by atoms with van der Waals surface area (Å²) >= 11 is 0. The predicted molar refractivity (Wildman–Crippen MR) is 102 cm³/mol. The van der Waals surface area contributed by atoms with Gasteiger partial charge in [-0.2, -0.15) is 0 Å². The number of hydrogen-bond acceptors (Lipinski definition) is 4. The molecular weight excluding hydrogens is 328 g/mol. The van der Waals surface area contributed by atoms with Gasteiger partial charge >= 0.3 is 5.97 Å². The molecule has 3 rings (SSSR count). The number of hydrogen-bond donors (Lipinski definition) is 2. The van der Waals surface area contributed by atoms with Gasteiger partial charge in [0, 0.05) is 11.7 Å². The molecule has 1 aromatic carbocycles. The second kappa shape index (κ2) is 8.67. The normalized spacial score (nSPS) is 25.1. The van der Waals surface area contributed by atoms with Crippen LogP contribution in [0.5, 0.6) is 0 Å². The Morgan fingerprint density at radius 3 is 2.58 bits per heavy atom. The van der Waals surface area contributed by atoms with Gasteiger partial charge in [0.05, 0.1) is 18.7 Å². The van der Waals surface area contributed by atoms with Gasteiger partial charge in [0.25, 0.3) is 0 Å². The highest BCUT2D eigenvalue weighted by Gasteiger charge is 2.41. The van der Waals surface area contributed by atoms with Crippen LogP contribution >= 0.6 is 0 Å². The molecule has 4 atom stereocenters. The molecule has 0 aromatic heterocycles. The average molecular weight is 358 g/mol. The predicted octanol–water partition coefficient (Wildman–Crippen LogP) is 3.61.